The van der Waals surface area contributed by atoms with Gasteiger partial charge in [0.2, 0.25) is 0 Å². The van der Waals surface area contributed by atoms with Gasteiger partial charge in [0.25, 0.3) is 0 Å². The summed E-state index contributed by atoms with van der Waals surface area (Å²) in [7, 11) is -1.63. The third-order valence-corrected chi connectivity index (χ3v) is 17.9. The fraction of sp³-hybridized carbons (Fsp3) is 0.0571. The Morgan fingerprint density at radius 1 is 0.307 bits per heavy atom. The Balaban J connectivity index is 1.12. The molecule has 0 amide bonds. The highest BCUT2D eigenvalue weighted by atomic mass is 28.3. The monoisotopic (exact) mass is 976 g/mol. The quantitative estimate of drug-likeness (QED) is 0.134. The van der Waals surface area contributed by atoms with Crippen LogP contribution in [-0.4, -0.2) is 16.9 Å². The summed E-state index contributed by atoms with van der Waals surface area (Å²) in [6.07, 6.45) is 0. The summed E-state index contributed by atoms with van der Waals surface area (Å²) >= 11 is 0. The first-order valence-corrected chi connectivity index (χ1v) is 29.7. The molecule has 4 nitrogen and oxygen atoms in total. The second-order valence-corrected chi connectivity index (χ2v) is 26.5. The molecule has 0 saturated carbocycles. The van der Waals surface area contributed by atoms with Gasteiger partial charge in [0.1, 0.15) is 0 Å². The van der Waals surface area contributed by atoms with Crippen molar-refractivity contribution in [1.29, 1.82) is 0 Å². The normalized spacial score (nSPS) is 12.3. The second-order valence-electron chi connectivity index (χ2n) is 21.4. The van der Waals surface area contributed by atoms with E-state index in [1.807, 2.05) is 0 Å². The van der Waals surface area contributed by atoms with Gasteiger partial charge in [-0.25, -0.2) is 0 Å². The van der Waals surface area contributed by atoms with Crippen molar-refractivity contribution in [2.24, 2.45) is 0 Å². The Hall–Kier alpha value is -9.16. The molecule has 5 heteroatoms. The molecule has 0 unspecified atom stereocenters. The van der Waals surface area contributed by atoms with Gasteiger partial charge in [0.15, 0.2) is 0 Å². The van der Waals surface area contributed by atoms with Crippen LogP contribution in [0.25, 0.3) is 98.4 Å². The maximum absolute atomic E-state index is 2.64. The molecule has 0 radical (unpaired) electrons. The number of nitrogens with zero attached hydrogens (tertiary/aromatic N) is 4. The van der Waals surface area contributed by atoms with E-state index in [2.05, 4.69) is 288 Å². The largest absolute Gasteiger partial charge is 0.310 e. The van der Waals surface area contributed by atoms with E-state index in [1.165, 1.54) is 115 Å². The summed E-state index contributed by atoms with van der Waals surface area (Å²) in [6, 6.07) is 90.4. The molecule has 0 aliphatic carbocycles. The first-order valence-electron chi connectivity index (χ1n) is 26.2. The average molecular weight is 977 g/mol. The molecule has 0 spiro atoms. The number of anilines is 6. The van der Waals surface area contributed by atoms with Crippen LogP contribution in [0.3, 0.4) is 0 Å². The molecular formula is C70H52N4Si. The predicted molar refractivity (Wildman–Crippen MR) is 324 cm³/mol. The minimum atomic E-state index is -1.63. The van der Waals surface area contributed by atoms with Crippen molar-refractivity contribution in [3.8, 4) is 22.3 Å². The number of benzene rings is 11. The van der Waals surface area contributed by atoms with E-state index in [-0.39, 0.29) is 0 Å². The first kappa shape index (κ1) is 43.4. The molecular weight excluding hydrogens is 925 g/mol. The minimum Gasteiger partial charge on any atom is -0.310 e. The van der Waals surface area contributed by atoms with Crippen molar-refractivity contribution >= 4 is 124 Å². The van der Waals surface area contributed by atoms with Gasteiger partial charge in [-0.2, -0.15) is 0 Å². The van der Waals surface area contributed by atoms with Gasteiger partial charge in [-0.1, -0.05) is 195 Å². The van der Waals surface area contributed by atoms with Crippen molar-refractivity contribution in [3.63, 3.8) is 0 Å². The van der Waals surface area contributed by atoms with Gasteiger partial charge in [-0.15, -0.1) is 0 Å². The van der Waals surface area contributed by atoms with Crippen LogP contribution in [-0.2, 0) is 0 Å². The number of para-hydroxylation sites is 4. The van der Waals surface area contributed by atoms with Crippen molar-refractivity contribution in [2.45, 2.75) is 26.6 Å². The average Bonchev–Trinajstić information content (AvgIpc) is 4.30. The number of aryl methyl sites for hydroxylation is 1. The smallest absolute Gasteiger partial charge is 0.0776 e. The molecule has 0 N–H and O–H groups in total. The minimum absolute atomic E-state index is 1.11. The lowest BCUT2D eigenvalue weighted by Crippen LogP contribution is -2.37. The Kier molecular flexibility index (Phi) is 9.51. The highest BCUT2D eigenvalue weighted by Gasteiger charge is 2.31. The summed E-state index contributed by atoms with van der Waals surface area (Å²) in [5.74, 6) is 0. The summed E-state index contributed by atoms with van der Waals surface area (Å²) in [5.41, 5.74) is 20.2. The standard InChI is InChI=1S/C70H52N4Si/c1-45-21-17-30-50(41-45)71(48-26-13-7-14-27-48)52-37-39-55-57-33-19-35-59-65-64(47-24-11-6-12-25-47)70-66(63(46-22-9-5-10-23-46)69(65)73(67(57)59)61(55)43-52)60-36-20-34-58-56-40-38-53(44-62(56)74(70)68(58)60)72(49-28-15-8-16-29-49)51-31-18-32-54(42-51)75(2,3)4/h5-44H,1-4H3. The number of aromatic nitrogens is 2. The Morgan fingerprint density at radius 3 is 1.15 bits per heavy atom. The topological polar surface area (TPSA) is 15.3 Å². The number of fused-ring (bicyclic) bond motifs is 12. The lowest BCUT2D eigenvalue weighted by Gasteiger charge is -2.27. The molecule has 4 heterocycles. The zero-order valence-corrected chi connectivity index (χ0v) is 43.4. The van der Waals surface area contributed by atoms with Gasteiger partial charge in [-0.3, -0.25) is 0 Å². The van der Waals surface area contributed by atoms with E-state index in [0.29, 0.717) is 0 Å². The van der Waals surface area contributed by atoms with Crippen LogP contribution in [0.1, 0.15) is 5.56 Å². The van der Waals surface area contributed by atoms with E-state index in [0.717, 1.165) is 28.4 Å². The van der Waals surface area contributed by atoms with Crippen LogP contribution in [0.4, 0.5) is 34.1 Å². The first-order chi connectivity index (χ1) is 36.8. The molecule has 4 aromatic heterocycles. The summed E-state index contributed by atoms with van der Waals surface area (Å²) in [4.78, 5) is 4.85. The molecule has 75 heavy (non-hydrogen) atoms. The Bertz CT molecular complexity index is 4690. The van der Waals surface area contributed by atoms with Gasteiger partial charge in [0, 0.05) is 88.3 Å². The molecule has 0 atom stereocenters. The van der Waals surface area contributed by atoms with Crippen molar-refractivity contribution < 1.29 is 0 Å². The van der Waals surface area contributed by atoms with Gasteiger partial charge in [-0.05, 0) is 96.4 Å². The maximum Gasteiger partial charge on any atom is 0.0776 e. The molecule has 0 aliphatic rings. The maximum atomic E-state index is 2.64. The molecule has 15 rings (SSSR count). The van der Waals surface area contributed by atoms with Crippen LogP contribution < -0.4 is 15.0 Å². The zero-order valence-electron chi connectivity index (χ0n) is 42.4. The predicted octanol–water partition coefficient (Wildman–Crippen LogP) is 19.1. The number of hydrogen-bond donors (Lipinski definition) is 0. The van der Waals surface area contributed by atoms with Crippen LogP contribution >= 0.6 is 0 Å². The van der Waals surface area contributed by atoms with Crippen LogP contribution in [0.15, 0.2) is 243 Å². The highest BCUT2D eigenvalue weighted by molar-refractivity contribution is 6.88. The van der Waals surface area contributed by atoms with Crippen LogP contribution in [0, 0.1) is 6.92 Å². The fourth-order valence-electron chi connectivity index (χ4n) is 12.7. The lowest BCUT2D eigenvalue weighted by molar-refractivity contribution is 1.27. The van der Waals surface area contributed by atoms with Crippen LogP contribution in [0.5, 0.6) is 0 Å². The number of hydrogen-bond acceptors (Lipinski definition) is 2. The summed E-state index contributed by atoms with van der Waals surface area (Å²) in [6.45, 7) is 9.47. The molecule has 356 valence electrons. The van der Waals surface area contributed by atoms with E-state index in [4.69, 9.17) is 0 Å². The Morgan fingerprint density at radius 2 is 0.693 bits per heavy atom. The zero-order chi connectivity index (χ0) is 50.1. The fourth-order valence-corrected chi connectivity index (χ4v) is 13.8. The third kappa shape index (κ3) is 6.48. The Labute approximate surface area is 436 Å². The van der Waals surface area contributed by atoms with Gasteiger partial charge in [0.05, 0.1) is 41.2 Å². The van der Waals surface area contributed by atoms with Crippen LogP contribution in [0.2, 0.25) is 19.6 Å². The van der Waals surface area contributed by atoms with E-state index in [9.17, 15) is 0 Å². The molecule has 0 bridgehead atoms. The highest BCUT2D eigenvalue weighted by Crippen LogP contribution is 2.55. The van der Waals surface area contributed by atoms with Crippen molar-refractivity contribution in [3.05, 3.63) is 248 Å². The van der Waals surface area contributed by atoms with Crippen molar-refractivity contribution in [2.75, 3.05) is 9.80 Å². The summed E-state index contributed by atoms with van der Waals surface area (Å²) < 4.78 is 5.27. The molecule has 0 aliphatic heterocycles. The van der Waals surface area contributed by atoms with E-state index < -0.39 is 8.07 Å². The SMILES string of the molecule is Cc1cccc(N(c2ccccc2)c2ccc3c4cccc5c6c(-c7ccccc7)c7c(c(-c8ccccc8)c6n(c3c2)c45)c2cccc3c4ccc(N(c5ccccc5)c5cccc([Si](C)(C)C)c5)cc4n7c32)c1. The van der Waals surface area contributed by atoms with E-state index in [1.54, 1.807) is 0 Å². The van der Waals surface area contributed by atoms with Gasteiger partial charge >= 0.3 is 0 Å². The molecule has 0 fully saturated rings. The molecule has 0 saturated heterocycles. The molecule has 15 aromatic rings. The third-order valence-electron chi connectivity index (χ3n) is 15.9. The summed E-state index contributed by atoms with van der Waals surface area (Å²) in [5, 5.41) is 11.5. The van der Waals surface area contributed by atoms with E-state index >= 15 is 0 Å². The second kappa shape index (κ2) is 16.4. The molecule has 11 aromatic carbocycles. The van der Waals surface area contributed by atoms with Gasteiger partial charge < -0.3 is 18.6 Å². The number of rotatable bonds is 9. The lowest BCUT2D eigenvalue weighted by atomic mass is 9.89. The van der Waals surface area contributed by atoms with Crippen molar-refractivity contribution in [1.82, 2.24) is 8.80 Å².